The highest BCUT2D eigenvalue weighted by molar-refractivity contribution is 5.67. The molecule has 0 aromatic heterocycles. The van der Waals surface area contributed by atoms with Crippen LogP contribution in [0, 0.1) is 5.92 Å². The zero-order valence-electron chi connectivity index (χ0n) is 7.29. The molecule has 0 fully saturated rings. The van der Waals surface area contributed by atoms with E-state index >= 15 is 0 Å². The van der Waals surface area contributed by atoms with E-state index in [0.29, 0.717) is 6.42 Å². The highest BCUT2D eigenvalue weighted by Gasteiger charge is 2.26. The number of rotatable bonds is 4. The fourth-order valence-corrected chi connectivity index (χ4v) is 1.10. The average molecular weight is 160 g/mol. The molecule has 0 saturated heterocycles. The quantitative estimate of drug-likeness (QED) is 0.651. The molecule has 0 radical (unpaired) electrons. The molecule has 0 aliphatic carbocycles. The summed E-state index contributed by atoms with van der Waals surface area (Å²) in [7, 11) is 0. The van der Waals surface area contributed by atoms with Crippen molar-refractivity contribution in [2.75, 3.05) is 0 Å². The van der Waals surface area contributed by atoms with Crippen LogP contribution in [0.1, 0.15) is 33.6 Å². The van der Waals surface area contributed by atoms with Crippen molar-refractivity contribution in [3.8, 4) is 0 Å². The number of aliphatic carboxylic acids is 1. The van der Waals surface area contributed by atoms with Gasteiger partial charge in [-0.1, -0.05) is 13.3 Å². The lowest BCUT2D eigenvalue weighted by Gasteiger charge is -2.26. The lowest BCUT2D eigenvalue weighted by Crippen LogP contribution is -2.32. The Bertz CT molecular complexity index is 135. The second-order valence-electron chi connectivity index (χ2n) is 3.36. The fraction of sp³-hybridized carbons (Fsp3) is 0.875. The van der Waals surface area contributed by atoms with Crippen LogP contribution >= 0.6 is 0 Å². The van der Waals surface area contributed by atoms with Crippen LogP contribution in [0.4, 0.5) is 0 Å². The van der Waals surface area contributed by atoms with Gasteiger partial charge in [0.2, 0.25) is 0 Å². The Hall–Kier alpha value is -0.570. The second-order valence-corrected chi connectivity index (χ2v) is 3.36. The van der Waals surface area contributed by atoms with Gasteiger partial charge < -0.3 is 10.2 Å². The summed E-state index contributed by atoms with van der Waals surface area (Å²) in [4.78, 5) is 10.3. The van der Waals surface area contributed by atoms with Crippen LogP contribution in [0.25, 0.3) is 0 Å². The predicted molar refractivity (Wildman–Crippen MR) is 42.3 cm³/mol. The summed E-state index contributed by atoms with van der Waals surface area (Å²) >= 11 is 0. The fourth-order valence-electron chi connectivity index (χ4n) is 1.10. The first-order chi connectivity index (χ1) is 4.88. The van der Waals surface area contributed by atoms with Gasteiger partial charge in [0, 0.05) is 0 Å². The molecule has 3 heteroatoms. The van der Waals surface area contributed by atoms with Crippen molar-refractivity contribution in [1.29, 1.82) is 0 Å². The van der Waals surface area contributed by atoms with Crippen LogP contribution in [0.2, 0.25) is 0 Å². The molecule has 0 aliphatic rings. The van der Waals surface area contributed by atoms with Crippen molar-refractivity contribution in [3.63, 3.8) is 0 Å². The van der Waals surface area contributed by atoms with Gasteiger partial charge in [-0.05, 0) is 19.8 Å². The van der Waals surface area contributed by atoms with Gasteiger partial charge in [0.05, 0.1) is 12.0 Å². The SMILES string of the molecule is CCC(CC(=O)O)C(C)(C)O. The maximum Gasteiger partial charge on any atom is 0.303 e. The molecule has 0 aliphatic heterocycles. The molecule has 66 valence electrons. The summed E-state index contributed by atoms with van der Waals surface area (Å²) in [6.07, 6.45) is 0.732. The first kappa shape index (κ1) is 10.4. The third-order valence-electron chi connectivity index (χ3n) is 1.91. The third-order valence-corrected chi connectivity index (χ3v) is 1.91. The van der Waals surface area contributed by atoms with Crippen molar-refractivity contribution in [2.24, 2.45) is 5.92 Å². The minimum absolute atomic E-state index is 0.0417. The first-order valence-electron chi connectivity index (χ1n) is 3.82. The maximum absolute atomic E-state index is 10.3. The van der Waals surface area contributed by atoms with Gasteiger partial charge in [0.25, 0.3) is 0 Å². The monoisotopic (exact) mass is 160 g/mol. The number of carbonyl (C=O) groups is 1. The van der Waals surface area contributed by atoms with Gasteiger partial charge in [-0.2, -0.15) is 0 Å². The number of aliphatic hydroxyl groups is 1. The van der Waals surface area contributed by atoms with Crippen molar-refractivity contribution in [3.05, 3.63) is 0 Å². The Balaban J connectivity index is 4.07. The zero-order valence-corrected chi connectivity index (χ0v) is 7.29. The van der Waals surface area contributed by atoms with Gasteiger partial charge in [-0.15, -0.1) is 0 Å². The molecule has 0 aromatic carbocycles. The Morgan fingerprint density at radius 1 is 1.55 bits per heavy atom. The Kier molecular flexibility index (Phi) is 3.52. The van der Waals surface area contributed by atoms with Crippen molar-refractivity contribution in [1.82, 2.24) is 0 Å². The normalized spacial score (nSPS) is 14.5. The maximum atomic E-state index is 10.3. The molecule has 11 heavy (non-hydrogen) atoms. The van der Waals surface area contributed by atoms with E-state index in [2.05, 4.69) is 0 Å². The molecule has 2 N–H and O–H groups in total. The van der Waals surface area contributed by atoms with Crippen LogP contribution in [0.5, 0.6) is 0 Å². The molecule has 1 atom stereocenters. The minimum atomic E-state index is -0.882. The summed E-state index contributed by atoms with van der Waals surface area (Å²) in [5.41, 5.74) is -0.882. The van der Waals surface area contributed by atoms with E-state index in [1.165, 1.54) is 0 Å². The number of hydrogen-bond acceptors (Lipinski definition) is 2. The molecule has 0 amide bonds. The molecule has 3 nitrogen and oxygen atoms in total. The van der Waals surface area contributed by atoms with Gasteiger partial charge in [0.1, 0.15) is 0 Å². The second kappa shape index (κ2) is 3.72. The van der Waals surface area contributed by atoms with Gasteiger partial charge in [-0.3, -0.25) is 4.79 Å². The van der Waals surface area contributed by atoms with E-state index in [-0.39, 0.29) is 12.3 Å². The van der Waals surface area contributed by atoms with Crippen LogP contribution in [0.15, 0.2) is 0 Å². The number of carboxylic acid groups (broad SMARTS) is 1. The van der Waals surface area contributed by atoms with E-state index < -0.39 is 11.6 Å². The molecular formula is C8H16O3. The lowest BCUT2D eigenvalue weighted by atomic mass is 9.86. The van der Waals surface area contributed by atoms with E-state index in [1.54, 1.807) is 13.8 Å². The minimum Gasteiger partial charge on any atom is -0.481 e. The van der Waals surface area contributed by atoms with Gasteiger partial charge in [0.15, 0.2) is 0 Å². The van der Waals surface area contributed by atoms with Crippen molar-refractivity contribution >= 4 is 5.97 Å². The molecule has 0 bridgehead atoms. The number of carboxylic acids is 1. The van der Waals surface area contributed by atoms with E-state index in [4.69, 9.17) is 5.11 Å². The standard InChI is InChI=1S/C8H16O3/c1-4-6(5-7(9)10)8(2,3)11/h6,11H,4-5H2,1-3H3,(H,9,10). The molecule has 0 rings (SSSR count). The molecule has 0 spiro atoms. The summed E-state index contributed by atoms with van der Waals surface area (Å²) in [6.45, 7) is 5.17. The van der Waals surface area contributed by atoms with Crippen molar-refractivity contribution in [2.45, 2.75) is 39.2 Å². The smallest absolute Gasteiger partial charge is 0.303 e. The van der Waals surface area contributed by atoms with Crippen molar-refractivity contribution < 1.29 is 15.0 Å². The topological polar surface area (TPSA) is 57.5 Å². The van der Waals surface area contributed by atoms with Crippen LogP contribution < -0.4 is 0 Å². The lowest BCUT2D eigenvalue weighted by molar-refractivity contribution is -0.140. The molecule has 0 heterocycles. The first-order valence-corrected chi connectivity index (χ1v) is 3.82. The Morgan fingerprint density at radius 2 is 2.00 bits per heavy atom. The summed E-state index contributed by atoms with van der Waals surface area (Å²) in [5.74, 6) is -1.00. The molecule has 1 unspecified atom stereocenters. The largest absolute Gasteiger partial charge is 0.481 e. The van der Waals surface area contributed by atoms with E-state index in [9.17, 15) is 9.90 Å². The summed E-state index contributed by atoms with van der Waals surface area (Å²) < 4.78 is 0. The van der Waals surface area contributed by atoms with Gasteiger partial charge >= 0.3 is 5.97 Å². The zero-order chi connectivity index (χ0) is 9.07. The number of hydrogen-bond donors (Lipinski definition) is 2. The third kappa shape index (κ3) is 3.98. The predicted octanol–water partition coefficient (Wildman–Crippen LogP) is 1.26. The molecule has 0 aromatic rings. The summed E-state index contributed by atoms with van der Waals surface area (Å²) in [6, 6.07) is 0. The summed E-state index contributed by atoms with van der Waals surface area (Å²) in [5, 5.41) is 17.9. The Labute approximate surface area is 67.0 Å². The van der Waals surface area contributed by atoms with Crippen LogP contribution in [-0.2, 0) is 4.79 Å². The van der Waals surface area contributed by atoms with Gasteiger partial charge in [-0.25, -0.2) is 0 Å². The average Bonchev–Trinajstić information content (AvgIpc) is 1.79. The highest BCUT2D eigenvalue weighted by Crippen LogP contribution is 2.22. The van der Waals surface area contributed by atoms with E-state index in [0.717, 1.165) is 0 Å². The molecule has 0 saturated carbocycles. The van der Waals surface area contributed by atoms with Crippen LogP contribution in [0.3, 0.4) is 0 Å². The molecular weight excluding hydrogens is 144 g/mol. The van der Waals surface area contributed by atoms with E-state index in [1.807, 2.05) is 6.92 Å². The Morgan fingerprint density at radius 3 is 2.09 bits per heavy atom. The highest BCUT2D eigenvalue weighted by atomic mass is 16.4. The van der Waals surface area contributed by atoms with Crippen LogP contribution in [-0.4, -0.2) is 21.8 Å².